The Bertz CT molecular complexity index is 710. The van der Waals surface area contributed by atoms with Crippen molar-refractivity contribution in [1.82, 2.24) is 10.0 Å². The Balaban J connectivity index is 2.29. The van der Waals surface area contributed by atoms with Crippen molar-refractivity contribution in [1.29, 1.82) is 0 Å². The molecule has 1 aromatic heterocycles. The van der Waals surface area contributed by atoms with Crippen LogP contribution in [0.2, 0.25) is 0 Å². The van der Waals surface area contributed by atoms with E-state index in [1.165, 1.54) is 25.3 Å². The lowest BCUT2D eigenvalue weighted by atomic mass is 10.1. The average Bonchev–Trinajstić information content (AvgIpc) is 2.92. The van der Waals surface area contributed by atoms with E-state index in [0.29, 0.717) is 0 Å². The van der Waals surface area contributed by atoms with E-state index in [1.807, 2.05) is 0 Å². The fourth-order valence-electron chi connectivity index (χ4n) is 1.73. The molecule has 2 rings (SSSR count). The van der Waals surface area contributed by atoms with Crippen LogP contribution < -0.4 is 10.0 Å². The highest BCUT2D eigenvalue weighted by Crippen LogP contribution is 2.28. The molecule has 0 bridgehead atoms. The van der Waals surface area contributed by atoms with Crippen LogP contribution in [0.15, 0.2) is 50.4 Å². The zero-order valence-corrected chi connectivity index (χ0v) is 12.5. The fourth-order valence-corrected chi connectivity index (χ4v) is 3.09. The molecule has 1 aliphatic carbocycles. The first-order valence-electron chi connectivity index (χ1n) is 5.88. The number of halogens is 2. The summed E-state index contributed by atoms with van der Waals surface area (Å²) >= 11 is 5.96. The van der Waals surface area contributed by atoms with E-state index in [2.05, 4.69) is 10.0 Å². The van der Waals surface area contributed by atoms with Crippen molar-refractivity contribution in [3.05, 3.63) is 41.1 Å². The van der Waals surface area contributed by atoms with Gasteiger partial charge in [-0.15, -0.1) is 0 Å². The van der Waals surface area contributed by atoms with Gasteiger partial charge in [0.2, 0.25) is 5.91 Å². The summed E-state index contributed by atoms with van der Waals surface area (Å²) in [6, 6.07) is 1.26. The van der Waals surface area contributed by atoms with Gasteiger partial charge >= 0.3 is 0 Å². The van der Waals surface area contributed by atoms with Gasteiger partial charge in [-0.25, -0.2) is 12.8 Å². The highest BCUT2D eigenvalue weighted by atomic mass is 35.5. The summed E-state index contributed by atoms with van der Waals surface area (Å²) in [4.78, 5) is 11.0. The first-order valence-corrected chi connectivity index (χ1v) is 7.74. The maximum atomic E-state index is 13.7. The van der Waals surface area contributed by atoms with E-state index in [4.69, 9.17) is 16.0 Å². The van der Waals surface area contributed by atoms with Crippen molar-refractivity contribution in [3.8, 4) is 0 Å². The van der Waals surface area contributed by atoms with Gasteiger partial charge in [0.05, 0.1) is 22.7 Å². The van der Waals surface area contributed by atoms with Gasteiger partial charge in [-0.3, -0.25) is 9.52 Å². The third kappa shape index (κ3) is 3.45. The first-order chi connectivity index (χ1) is 9.81. The molecule has 0 spiro atoms. The number of nitrogens with one attached hydrogen (secondary N) is 2. The molecule has 0 fully saturated rings. The van der Waals surface area contributed by atoms with Crippen LogP contribution in [0.25, 0.3) is 0 Å². The summed E-state index contributed by atoms with van der Waals surface area (Å²) in [5.41, 5.74) is -0.146. The number of rotatable bonds is 4. The van der Waals surface area contributed by atoms with E-state index < -0.39 is 22.1 Å². The third-order valence-electron chi connectivity index (χ3n) is 2.68. The maximum Gasteiger partial charge on any atom is 0.265 e. The smallest absolute Gasteiger partial charge is 0.265 e. The Hall–Kier alpha value is -1.80. The molecule has 9 heteroatoms. The van der Waals surface area contributed by atoms with Gasteiger partial charge in [0, 0.05) is 13.3 Å². The second-order valence-electron chi connectivity index (χ2n) is 4.29. The summed E-state index contributed by atoms with van der Waals surface area (Å²) in [7, 11) is -3.88. The topological polar surface area (TPSA) is 88.4 Å². The zero-order chi connectivity index (χ0) is 15.6. The zero-order valence-electron chi connectivity index (χ0n) is 10.9. The number of hydrogen-bond acceptors (Lipinski definition) is 4. The molecule has 1 unspecified atom stereocenters. The fraction of sp³-hybridized carbons (Fsp3) is 0.250. The first kappa shape index (κ1) is 15.6. The van der Waals surface area contributed by atoms with Gasteiger partial charge in [0.25, 0.3) is 10.0 Å². The number of allylic oxidation sites excluding steroid dienone is 3. The highest BCUT2D eigenvalue weighted by molar-refractivity contribution is 7.89. The van der Waals surface area contributed by atoms with Gasteiger partial charge in [0.15, 0.2) is 0 Å². The van der Waals surface area contributed by atoms with E-state index in [0.717, 1.165) is 6.26 Å². The number of carbonyl (C=O) groups is 1. The normalized spacial score (nSPS) is 19.2. The van der Waals surface area contributed by atoms with Crippen molar-refractivity contribution in [3.63, 3.8) is 0 Å². The maximum absolute atomic E-state index is 13.7. The molecule has 21 heavy (non-hydrogen) atoms. The molecule has 0 saturated carbocycles. The monoisotopic (exact) mass is 334 g/mol. The van der Waals surface area contributed by atoms with Crippen LogP contribution in [0.3, 0.4) is 0 Å². The van der Waals surface area contributed by atoms with Crippen molar-refractivity contribution in [2.24, 2.45) is 0 Å². The Kier molecular flexibility index (Phi) is 4.38. The second kappa shape index (κ2) is 5.90. The molecule has 0 aliphatic heterocycles. The van der Waals surface area contributed by atoms with Crippen LogP contribution >= 0.6 is 11.6 Å². The summed E-state index contributed by atoms with van der Waals surface area (Å²) in [5.74, 6) is -0.496. The second-order valence-corrected chi connectivity index (χ2v) is 6.35. The third-order valence-corrected chi connectivity index (χ3v) is 4.42. The minimum Gasteiger partial charge on any atom is -0.471 e. The number of furan rings is 1. The lowest BCUT2D eigenvalue weighted by molar-refractivity contribution is -0.118. The Morgan fingerprint density at radius 2 is 2.24 bits per heavy atom. The molecule has 2 N–H and O–H groups in total. The van der Waals surface area contributed by atoms with Crippen molar-refractivity contribution < 1.29 is 22.0 Å². The number of amides is 1. The lowest BCUT2D eigenvalue weighted by Crippen LogP contribution is -2.32. The molecule has 0 saturated heterocycles. The predicted octanol–water partition coefficient (Wildman–Crippen LogP) is 1.77. The van der Waals surface area contributed by atoms with Crippen molar-refractivity contribution in [2.75, 3.05) is 0 Å². The summed E-state index contributed by atoms with van der Waals surface area (Å²) in [6.07, 6.45) is 1.98. The van der Waals surface area contributed by atoms with Crippen molar-refractivity contribution >= 4 is 27.5 Å². The Morgan fingerprint density at radius 3 is 2.81 bits per heavy atom. The van der Waals surface area contributed by atoms with Crippen LogP contribution in [-0.2, 0) is 14.8 Å². The largest absolute Gasteiger partial charge is 0.471 e. The van der Waals surface area contributed by atoms with Crippen LogP contribution in [0.5, 0.6) is 0 Å². The molecule has 0 radical (unpaired) electrons. The van der Waals surface area contributed by atoms with Gasteiger partial charge in [-0.2, -0.15) is 0 Å². The summed E-state index contributed by atoms with van der Waals surface area (Å²) in [5, 5.41) is 2.09. The Morgan fingerprint density at radius 1 is 1.52 bits per heavy atom. The molecule has 114 valence electrons. The number of sulfonamides is 1. The molecule has 1 heterocycles. The van der Waals surface area contributed by atoms with Gasteiger partial charge in [-0.05, 0) is 6.07 Å². The molecule has 1 aromatic rings. The van der Waals surface area contributed by atoms with E-state index in [1.54, 1.807) is 0 Å². The molecule has 1 atom stereocenters. The van der Waals surface area contributed by atoms with Crippen LogP contribution in [-0.4, -0.2) is 20.5 Å². The quantitative estimate of drug-likeness (QED) is 0.878. The molecule has 0 aromatic carbocycles. The molecule has 1 amide bonds. The number of hydrogen-bond donors (Lipinski definition) is 2. The molecule has 6 nitrogen and oxygen atoms in total. The summed E-state index contributed by atoms with van der Waals surface area (Å²) in [6.45, 7) is 1.21. The van der Waals surface area contributed by atoms with Crippen LogP contribution in [0.1, 0.15) is 13.3 Å². The average molecular weight is 335 g/mol. The van der Waals surface area contributed by atoms with Crippen LogP contribution in [0, 0.1) is 0 Å². The molecular formula is C12H12ClFN2O4S. The number of alkyl halides is 1. The molecular weight excluding hydrogens is 323 g/mol. The van der Waals surface area contributed by atoms with Crippen molar-refractivity contribution in [2.45, 2.75) is 24.4 Å². The Labute approximate surface area is 125 Å². The standard InChI is InChI=1S/C12H12ClFN2O4S/c1-7(17)15-12-9(14)2-3-10(11(12)13)16-21(18,19)8-4-5-20-6-8/h3-6,9,16H,2H2,1H3,(H,15,17). The summed E-state index contributed by atoms with van der Waals surface area (Å²) < 4.78 is 44.8. The minimum absolute atomic E-state index is 0.00974. The number of carbonyl (C=O) groups excluding carboxylic acids is 1. The van der Waals surface area contributed by atoms with E-state index >= 15 is 0 Å². The van der Waals surface area contributed by atoms with E-state index in [-0.39, 0.29) is 27.7 Å². The minimum atomic E-state index is -3.88. The van der Waals surface area contributed by atoms with Gasteiger partial charge in [-0.1, -0.05) is 17.7 Å². The van der Waals surface area contributed by atoms with Gasteiger partial charge in [0.1, 0.15) is 17.3 Å². The SMILES string of the molecule is CC(=O)NC1=C(Cl)C(NS(=O)(=O)c2ccoc2)=CCC1F. The predicted molar refractivity (Wildman–Crippen MR) is 73.3 cm³/mol. The van der Waals surface area contributed by atoms with Gasteiger partial charge < -0.3 is 9.73 Å². The highest BCUT2D eigenvalue weighted by Gasteiger charge is 2.27. The lowest BCUT2D eigenvalue weighted by Gasteiger charge is -2.21. The van der Waals surface area contributed by atoms with E-state index in [9.17, 15) is 17.6 Å². The molecule has 1 aliphatic rings. The van der Waals surface area contributed by atoms with Crippen LogP contribution in [0.4, 0.5) is 4.39 Å².